The van der Waals surface area contributed by atoms with Crippen LogP contribution in [0.3, 0.4) is 0 Å². The molecule has 0 radical (unpaired) electrons. The number of benzene rings is 1. The van der Waals surface area contributed by atoms with E-state index in [9.17, 15) is 23.5 Å². The smallest absolute Gasteiger partial charge is 0.315 e. The molecule has 1 aromatic rings. The number of urea groups is 1. The quantitative estimate of drug-likeness (QED) is 0.664. The number of nitrogens with one attached hydrogen (secondary N) is 3. The molecule has 23 heavy (non-hydrogen) atoms. The summed E-state index contributed by atoms with van der Waals surface area (Å²) in [6.07, 6.45) is 1.05. The zero-order chi connectivity index (χ0) is 16.8. The van der Waals surface area contributed by atoms with Gasteiger partial charge >= 0.3 is 6.03 Å². The Balaban J connectivity index is 1.83. The molecule has 6 nitrogen and oxygen atoms in total. The SMILES string of the molecule is O=C(NCC(O)c1ccc(F)c(F)c1)NC1CCCCNC1=O. The van der Waals surface area contributed by atoms with E-state index in [-0.39, 0.29) is 18.0 Å². The van der Waals surface area contributed by atoms with Gasteiger partial charge < -0.3 is 21.1 Å². The molecule has 0 aliphatic carbocycles. The maximum Gasteiger partial charge on any atom is 0.315 e. The lowest BCUT2D eigenvalue weighted by Crippen LogP contribution is -2.49. The highest BCUT2D eigenvalue weighted by atomic mass is 19.2. The highest BCUT2D eigenvalue weighted by molar-refractivity contribution is 5.87. The number of hydrogen-bond donors (Lipinski definition) is 4. The fourth-order valence-corrected chi connectivity index (χ4v) is 2.31. The molecule has 1 fully saturated rings. The molecule has 0 spiro atoms. The molecule has 8 heteroatoms. The summed E-state index contributed by atoms with van der Waals surface area (Å²) in [6, 6.07) is 1.80. The minimum Gasteiger partial charge on any atom is -0.387 e. The largest absolute Gasteiger partial charge is 0.387 e. The minimum absolute atomic E-state index is 0.149. The predicted octanol–water partition coefficient (Wildman–Crippen LogP) is 0.966. The number of carbonyl (C=O) groups is 2. The highest BCUT2D eigenvalue weighted by Crippen LogP contribution is 2.15. The van der Waals surface area contributed by atoms with Crippen molar-refractivity contribution in [1.29, 1.82) is 0 Å². The Kier molecular flexibility index (Phi) is 5.86. The van der Waals surface area contributed by atoms with E-state index >= 15 is 0 Å². The number of aliphatic hydroxyl groups excluding tert-OH is 1. The van der Waals surface area contributed by atoms with Crippen LogP contribution in [-0.4, -0.2) is 36.2 Å². The highest BCUT2D eigenvalue weighted by Gasteiger charge is 2.22. The van der Waals surface area contributed by atoms with E-state index < -0.39 is 29.8 Å². The lowest BCUT2D eigenvalue weighted by molar-refractivity contribution is -0.122. The Morgan fingerprint density at radius 1 is 1.35 bits per heavy atom. The van der Waals surface area contributed by atoms with E-state index in [1.165, 1.54) is 6.07 Å². The summed E-state index contributed by atoms with van der Waals surface area (Å²) in [5.41, 5.74) is 0.149. The van der Waals surface area contributed by atoms with Gasteiger partial charge in [-0.15, -0.1) is 0 Å². The third-order valence-electron chi connectivity index (χ3n) is 3.63. The first kappa shape index (κ1) is 17.1. The molecule has 126 valence electrons. The monoisotopic (exact) mass is 327 g/mol. The van der Waals surface area contributed by atoms with Crippen LogP contribution in [0.15, 0.2) is 18.2 Å². The summed E-state index contributed by atoms with van der Waals surface area (Å²) in [5, 5.41) is 17.5. The molecule has 1 aromatic carbocycles. The summed E-state index contributed by atoms with van der Waals surface area (Å²) in [5.74, 6) is -2.31. The Bertz CT molecular complexity index is 583. The summed E-state index contributed by atoms with van der Waals surface area (Å²) in [7, 11) is 0. The molecule has 2 atom stereocenters. The lowest BCUT2D eigenvalue weighted by Gasteiger charge is -2.17. The molecule has 0 saturated carbocycles. The Morgan fingerprint density at radius 3 is 2.87 bits per heavy atom. The van der Waals surface area contributed by atoms with Gasteiger partial charge in [0.05, 0.1) is 6.10 Å². The number of hydrogen-bond acceptors (Lipinski definition) is 3. The Hall–Kier alpha value is -2.22. The number of carbonyl (C=O) groups excluding carboxylic acids is 2. The van der Waals surface area contributed by atoms with Gasteiger partial charge in [-0.05, 0) is 37.0 Å². The molecule has 2 rings (SSSR count). The first-order valence-electron chi connectivity index (χ1n) is 7.42. The van der Waals surface area contributed by atoms with Crippen molar-refractivity contribution >= 4 is 11.9 Å². The van der Waals surface area contributed by atoms with Crippen LogP contribution in [0.25, 0.3) is 0 Å². The van der Waals surface area contributed by atoms with Gasteiger partial charge in [-0.3, -0.25) is 4.79 Å². The first-order chi connectivity index (χ1) is 11.0. The van der Waals surface area contributed by atoms with Gasteiger partial charge in [0.25, 0.3) is 0 Å². The third kappa shape index (κ3) is 4.88. The second-order valence-corrected chi connectivity index (χ2v) is 5.38. The Labute approximate surface area is 132 Å². The van der Waals surface area contributed by atoms with Crippen LogP contribution in [0, 0.1) is 11.6 Å². The zero-order valence-corrected chi connectivity index (χ0v) is 12.4. The van der Waals surface area contributed by atoms with Crippen molar-refractivity contribution in [2.24, 2.45) is 0 Å². The first-order valence-corrected chi connectivity index (χ1v) is 7.42. The Morgan fingerprint density at radius 2 is 2.13 bits per heavy atom. The van der Waals surface area contributed by atoms with E-state index in [2.05, 4.69) is 16.0 Å². The standard InChI is InChI=1S/C15H19F2N3O3/c16-10-5-4-9(7-11(10)17)13(21)8-19-15(23)20-12-3-1-2-6-18-14(12)22/h4-5,7,12-13,21H,1-3,6,8H2,(H,18,22)(H2,19,20,23). The van der Waals surface area contributed by atoms with Crippen molar-refractivity contribution < 1.29 is 23.5 Å². The van der Waals surface area contributed by atoms with Crippen LogP contribution in [0.1, 0.15) is 30.9 Å². The van der Waals surface area contributed by atoms with Crippen molar-refractivity contribution in [2.75, 3.05) is 13.1 Å². The van der Waals surface area contributed by atoms with Gasteiger partial charge in [0.15, 0.2) is 11.6 Å². The van der Waals surface area contributed by atoms with Crippen LogP contribution in [0.4, 0.5) is 13.6 Å². The van der Waals surface area contributed by atoms with Crippen molar-refractivity contribution in [3.8, 4) is 0 Å². The molecule has 1 aliphatic rings. The number of amides is 3. The fourth-order valence-electron chi connectivity index (χ4n) is 2.31. The second-order valence-electron chi connectivity index (χ2n) is 5.38. The van der Waals surface area contributed by atoms with Crippen molar-refractivity contribution in [2.45, 2.75) is 31.4 Å². The molecule has 1 aliphatic heterocycles. The van der Waals surface area contributed by atoms with Crippen LogP contribution in [-0.2, 0) is 4.79 Å². The summed E-state index contributed by atoms with van der Waals surface area (Å²) < 4.78 is 25.9. The van der Waals surface area contributed by atoms with E-state index in [0.717, 1.165) is 25.0 Å². The van der Waals surface area contributed by atoms with E-state index in [1.54, 1.807) is 0 Å². The second kappa shape index (κ2) is 7.87. The molecular weight excluding hydrogens is 308 g/mol. The number of aliphatic hydroxyl groups is 1. The van der Waals surface area contributed by atoms with Gasteiger partial charge in [0, 0.05) is 13.1 Å². The lowest BCUT2D eigenvalue weighted by atomic mass is 10.1. The minimum atomic E-state index is -1.18. The molecule has 0 aromatic heterocycles. The van der Waals surface area contributed by atoms with Crippen molar-refractivity contribution in [3.63, 3.8) is 0 Å². The van der Waals surface area contributed by atoms with Crippen molar-refractivity contribution in [1.82, 2.24) is 16.0 Å². The summed E-state index contributed by atoms with van der Waals surface area (Å²) in [4.78, 5) is 23.5. The van der Waals surface area contributed by atoms with Crippen LogP contribution >= 0.6 is 0 Å². The average molecular weight is 327 g/mol. The van der Waals surface area contributed by atoms with E-state index in [4.69, 9.17) is 0 Å². The predicted molar refractivity (Wildman–Crippen MR) is 78.5 cm³/mol. The van der Waals surface area contributed by atoms with Crippen LogP contribution in [0.2, 0.25) is 0 Å². The number of halogens is 2. The molecule has 2 unspecified atom stereocenters. The number of rotatable bonds is 4. The van der Waals surface area contributed by atoms with E-state index in [1.807, 2.05) is 0 Å². The average Bonchev–Trinajstić information content (AvgIpc) is 2.72. The molecule has 1 saturated heterocycles. The molecule has 1 heterocycles. The van der Waals surface area contributed by atoms with Crippen LogP contribution < -0.4 is 16.0 Å². The molecule has 3 amide bonds. The fraction of sp³-hybridized carbons (Fsp3) is 0.467. The van der Waals surface area contributed by atoms with Gasteiger partial charge in [-0.1, -0.05) is 6.07 Å². The topological polar surface area (TPSA) is 90.5 Å². The molecule has 0 bridgehead atoms. The zero-order valence-electron chi connectivity index (χ0n) is 12.4. The van der Waals surface area contributed by atoms with Gasteiger partial charge in [-0.2, -0.15) is 0 Å². The maximum atomic E-state index is 13.1. The van der Waals surface area contributed by atoms with Crippen LogP contribution in [0.5, 0.6) is 0 Å². The van der Waals surface area contributed by atoms with E-state index in [0.29, 0.717) is 13.0 Å². The third-order valence-corrected chi connectivity index (χ3v) is 3.63. The molecular formula is C15H19F2N3O3. The molecule has 4 N–H and O–H groups in total. The van der Waals surface area contributed by atoms with Gasteiger partial charge in [0.2, 0.25) is 5.91 Å². The summed E-state index contributed by atoms with van der Waals surface area (Å²) >= 11 is 0. The maximum absolute atomic E-state index is 13.1. The van der Waals surface area contributed by atoms with Crippen molar-refractivity contribution in [3.05, 3.63) is 35.4 Å². The summed E-state index contributed by atoms with van der Waals surface area (Å²) in [6.45, 7) is 0.402. The van der Waals surface area contributed by atoms with Gasteiger partial charge in [0.1, 0.15) is 6.04 Å². The van der Waals surface area contributed by atoms with Gasteiger partial charge in [-0.25, -0.2) is 13.6 Å². The normalized spacial score (nSPS) is 19.4.